The van der Waals surface area contributed by atoms with Gasteiger partial charge in [0.15, 0.2) is 5.82 Å². The van der Waals surface area contributed by atoms with Crippen molar-refractivity contribution >= 4 is 17.4 Å². The molecule has 1 aromatic heterocycles. The van der Waals surface area contributed by atoms with Gasteiger partial charge in [0.1, 0.15) is 11.6 Å². The summed E-state index contributed by atoms with van der Waals surface area (Å²) in [6.07, 6.45) is 2.56. The summed E-state index contributed by atoms with van der Waals surface area (Å²) in [5, 5.41) is 10.5. The zero-order valence-electron chi connectivity index (χ0n) is 12.1. The van der Waals surface area contributed by atoms with Gasteiger partial charge in [-0.2, -0.15) is 0 Å². The summed E-state index contributed by atoms with van der Waals surface area (Å²) in [7, 11) is 1.93. The minimum Gasteiger partial charge on any atom is -0.507 e. The Hall–Kier alpha value is -1.85. The van der Waals surface area contributed by atoms with Crippen LogP contribution >= 0.6 is 11.6 Å². The molecule has 6 heteroatoms. The first kappa shape index (κ1) is 15.5. The average molecular weight is 307 g/mol. The third kappa shape index (κ3) is 3.83. The predicted octanol–water partition coefficient (Wildman–Crippen LogP) is 2.68. The molecule has 0 fully saturated rings. The number of likely N-dealkylation sites (N-methyl/N-ethyl adjacent to an activating group) is 1. The Bertz CT molecular complexity index is 620. The predicted molar refractivity (Wildman–Crippen MR) is 85.7 cm³/mol. The zero-order valence-corrected chi connectivity index (χ0v) is 12.9. The van der Waals surface area contributed by atoms with E-state index < -0.39 is 0 Å². The van der Waals surface area contributed by atoms with Gasteiger partial charge in [0.2, 0.25) is 0 Å². The lowest BCUT2D eigenvalue weighted by molar-refractivity contribution is 0.477. The highest BCUT2D eigenvalue weighted by molar-refractivity contribution is 6.30. The van der Waals surface area contributed by atoms with Gasteiger partial charge in [0.05, 0.1) is 5.56 Å². The Morgan fingerprint density at radius 3 is 2.86 bits per heavy atom. The molecule has 5 nitrogen and oxygen atoms in total. The van der Waals surface area contributed by atoms with Crippen LogP contribution in [0.4, 0.5) is 5.82 Å². The molecule has 0 bridgehead atoms. The van der Waals surface area contributed by atoms with Gasteiger partial charge < -0.3 is 15.7 Å². The molecule has 112 valence electrons. The highest BCUT2D eigenvalue weighted by Crippen LogP contribution is 2.29. The number of phenols is 1. The fourth-order valence-electron chi connectivity index (χ4n) is 1.95. The van der Waals surface area contributed by atoms with Crippen molar-refractivity contribution in [3.05, 3.63) is 35.5 Å². The number of phenolic OH excluding ortho intramolecular Hbond substituents is 1. The quantitative estimate of drug-likeness (QED) is 0.888. The van der Waals surface area contributed by atoms with Gasteiger partial charge in [-0.05, 0) is 30.7 Å². The third-order valence-corrected chi connectivity index (χ3v) is 3.50. The van der Waals surface area contributed by atoms with E-state index in [2.05, 4.69) is 9.97 Å². The lowest BCUT2D eigenvalue weighted by atomic mass is 10.2. The number of nitrogens with zero attached hydrogens (tertiary/aromatic N) is 3. The second-order valence-electron chi connectivity index (χ2n) is 4.95. The van der Waals surface area contributed by atoms with Crippen LogP contribution in [0, 0.1) is 0 Å². The maximum absolute atomic E-state index is 9.93. The Balaban J connectivity index is 2.31. The highest BCUT2D eigenvalue weighted by Gasteiger charge is 2.12. The molecule has 0 saturated carbocycles. The van der Waals surface area contributed by atoms with Crippen molar-refractivity contribution in [2.24, 2.45) is 5.73 Å². The van der Waals surface area contributed by atoms with E-state index >= 15 is 0 Å². The fourth-order valence-corrected chi connectivity index (χ4v) is 2.13. The normalized spacial score (nSPS) is 12.2. The summed E-state index contributed by atoms with van der Waals surface area (Å²) in [6.45, 7) is 2.75. The molecule has 0 aliphatic heterocycles. The van der Waals surface area contributed by atoms with Gasteiger partial charge in [0, 0.05) is 30.9 Å². The second kappa shape index (κ2) is 6.74. The SMILES string of the molecule is CC[C@H](N)CN(C)c1ccnc(-c2cc(Cl)ccc2O)n1. The van der Waals surface area contributed by atoms with Crippen molar-refractivity contribution in [3.8, 4) is 17.1 Å². The van der Waals surface area contributed by atoms with Crippen LogP contribution in [-0.4, -0.2) is 34.7 Å². The summed E-state index contributed by atoms with van der Waals surface area (Å²) in [5.41, 5.74) is 6.47. The number of aromatic nitrogens is 2. The molecule has 0 aliphatic carbocycles. The van der Waals surface area contributed by atoms with E-state index in [-0.39, 0.29) is 11.8 Å². The number of halogens is 1. The van der Waals surface area contributed by atoms with Crippen LogP contribution in [0.2, 0.25) is 5.02 Å². The summed E-state index contributed by atoms with van der Waals surface area (Å²) in [6, 6.07) is 6.70. The number of benzene rings is 1. The summed E-state index contributed by atoms with van der Waals surface area (Å²) >= 11 is 5.96. The van der Waals surface area contributed by atoms with Crippen LogP contribution in [0.25, 0.3) is 11.4 Å². The standard InChI is InChI=1S/C15H19ClN4O/c1-3-11(17)9-20(2)14-6-7-18-15(19-14)12-8-10(16)4-5-13(12)21/h4-8,11,21H,3,9,17H2,1-2H3/t11-/m0/s1. The van der Waals surface area contributed by atoms with Crippen LogP contribution in [0.5, 0.6) is 5.75 Å². The van der Waals surface area contributed by atoms with Crippen LogP contribution in [-0.2, 0) is 0 Å². The number of rotatable bonds is 5. The Morgan fingerprint density at radius 1 is 1.38 bits per heavy atom. The maximum atomic E-state index is 9.93. The Labute approximate surface area is 129 Å². The first-order valence-electron chi connectivity index (χ1n) is 6.80. The molecule has 0 saturated heterocycles. The van der Waals surface area contributed by atoms with Gasteiger partial charge in [-0.25, -0.2) is 9.97 Å². The smallest absolute Gasteiger partial charge is 0.165 e. The Morgan fingerprint density at radius 2 is 2.14 bits per heavy atom. The van der Waals surface area contributed by atoms with Crippen LogP contribution in [0.15, 0.2) is 30.5 Å². The largest absolute Gasteiger partial charge is 0.507 e. The third-order valence-electron chi connectivity index (χ3n) is 3.26. The number of hydrogen-bond acceptors (Lipinski definition) is 5. The van der Waals surface area contributed by atoms with E-state index in [0.29, 0.717) is 23.0 Å². The number of aromatic hydroxyl groups is 1. The Kier molecular flexibility index (Phi) is 4.98. The topological polar surface area (TPSA) is 75.3 Å². The second-order valence-corrected chi connectivity index (χ2v) is 5.39. The molecule has 1 heterocycles. The molecule has 2 aromatic rings. The van der Waals surface area contributed by atoms with Crippen LogP contribution in [0.3, 0.4) is 0 Å². The van der Waals surface area contributed by atoms with Gasteiger partial charge in [-0.15, -0.1) is 0 Å². The molecule has 0 amide bonds. The van der Waals surface area contributed by atoms with Crippen molar-refractivity contribution in [2.45, 2.75) is 19.4 Å². The lowest BCUT2D eigenvalue weighted by Crippen LogP contribution is -2.35. The van der Waals surface area contributed by atoms with Crippen LogP contribution < -0.4 is 10.6 Å². The van der Waals surface area contributed by atoms with Gasteiger partial charge in [-0.3, -0.25) is 0 Å². The maximum Gasteiger partial charge on any atom is 0.165 e. The molecule has 0 aliphatic rings. The molecule has 1 atom stereocenters. The number of hydrogen-bond donors (Lipinski definition) is 2. The molecule has 21 heavy (non-hydrogen) atoms. The summed E-state index contributed by atoms with van der Waals surface area (Å²) in [4.78, 5) is 10.7. The molecule has 0 unspecified atom stereocenters. The zero-order chi connectivity index (χ0) is 15.4. The number of anilines is 1. The lowest BCUT2D eigenvalue weighted by Gasteiger charge is -2.21. The van der Waals surface area contributed by atoms with E-state index in [4.69, 9.17) is 17.3 Å². The van der Waals surface area contributed by atoms with E-state index in [0.717, 1.165) is 12.2 Å². The minimum absolute atomic E-state index is 0.0907. The van der Waals surface area contributed by atoms with Gasteiger partial charge >= 0.3 is 0 Å². The average Bonchev–Trinajstić information content (AvgIpc) is 2.49. The summed E-state index contributed by atoms with van der Waals surface area (Å²) < 4.78 is 0. The van der Waals surface area contributed by atoms with Gasteiger partial charge in [-0.1, -0.05) is 18.5 Å². The van der Waals surface area contributed by atoms with Crippen molar-refractivity contribution < 1.29 is 5.11 Å². The van der Waals surface area contributed by atoms with Crippen molar-refractivity contribution in [2.75, 3.05) is 18.5 Å². The monoisotopic (exact) mass is 306 g/mol. The molecule has 0 radical (unpaired) electrons. The minimum atomic E-state index is 0.0907. The molecule has 3 N–H and O–H groups in total. The molecule has 2 rings (SSSR count). The summed E-state index contributed by atoms with van der Waals surface area (Å²) in [5.74, 6) is 1.29. The van der Waals surface area contributed by atoms with E-state index in [9.17, 15) is 5.11 Å². The molecule has 1 aromatic carbocycles. The van der Waals surface area contributed by atoms with Crippen molar-refractivity contribution in [1.29, 1.82) is 0 Å². The first-order chi connectivity index (χ1) is 10.0. The first-order valence-corrected chi connectivity index (χ1v) is 7.17. The van der Waals surface area contributed by atoms with E-state index in [1.807, 2.05) is 24.9 Å². The molecular formula is C15H19ClN4O. The van der Waals surface area contributed by atoms with Crippen molar-refractivity contribution in [1.82, 2.24) is 9.97 Å². The number of nitrogens with two attached hydrogens (primary N) is 1. The molecule has 0 spiro atoms. The van der Waals surface area contributed by atoms with Crippen LogP contribution in [0.1, 0.15) is 13.3 Å². The molecular weight excluding hydrogens is 288 g/mol. The van der Waals surface area contributed by atoms with Crippen molar-refractivity contribution in [3.63, 3.8) is 0 Å². The highest BCUT2D eigenvalue weighted by atomic mass is 35.5. The van der Waals surface area contributed by atoms with E-state index in [1.54, 1.807) is 18.3 Å². The fraction of sp³-hybridized carbons (Fsp3) is 0.333. The van der Waals surface area contributed by atoms with E-state index in [1.165, 1.54) is 6.07 Å². The van der Waals surface area contributed by atoms with Gasteiger partial charge in [0.25, 0.3) is 0 Å².